The van der Waals surface area contributed by atoms with Crippen molar-refractivity contribution >= 4 is 27.7 Å². The average molecular weight is 284 g/mol. The van der Waals surface area contributed by atoms with Gasteiger partial charge in [-0.25, -0.2) is 4.79 Å². The first-order chi connectivity index (χ1) is 9.81. The van der Waals surface area contributed by atoms with E-state index in [9.17, 15) is 4.79 Å². The van der Waals surface area contributed by atoms with Gasteiger partial charge >= 0.3 is 4.94 Å². The fraction of sp³-hybridized carbons (Fsp3) is 0.0625. The van der Waals surface area contributed by atoms with Gasteiger partial charge in [0, 0.05) is 6.07 Å². The maximum absolute atomic E-state index is 11.1. The van der Waals surface area contributed by atoms with E-state index in [0.717, 1.165) is 21.6 Å². The molecular weight excluding hydrogens is 272 g/mol. The molecule has 4 heteroatoms. The summed E-state index contributed by atoms with van der Waals surface area (Å²) >= 11 is 1.09. The van der Waals surface area contributed by atoms with Crippen molar-refractivity contribution in [3.63, 3.8) is 0 Å². The Balaban J connectivity index is 1.65. The number of hydrogen-bond donors (Lipinski definition) is 0. The van der Waals surface area contributed by atoms with Crippen LogP contribution in [0.15, 0.2) is 63.8 Å². The first-order valence-corrected chi connectivity index (χ1v) is 7.01. The zero-order valence-electron chi connectivity index (χ0n) is 10.6. The Kier molecular flexibility index (Phi) is 3.65. The Morgan fingerprint density at radius 2 is 2.00 bits per heavy atom. The lowest BCUT2D eigenvalue weighted by Gasteiger charge is -2.02. The van der Waals surface area contributed by atoms with Crippen molar-refractivity contribution in [1.29, 1.82) is 0 Å². The van der Waals surface area contributed by atoms with Crippen LogP contribution in [0.4, 0.5) is 0 Å². The molecule has 3 nitrogen and oxygen atoms in total. The molecule has 1 heterocycles. The van der Waals surface area contributed by atoms with Crippen LogP contribution in [-0.2, 0) is 0 Å². The summed E-state index contributed by atoms with van der Waals surface area (Å²) in [5, 5.41) is 0. The molecule has 20 heavy (non-hydrogen) atoms. The van der Waals surface area contributed by atoms with E-state index in [1.807, 2.05) is 54.6 Å². The van der Waals surface area contributed by atoms with Crippen molar-refractivity contribution < 1.29 is 9.15 Å². The number of fused-ring (bicyclic) bond motifs is 1. The van der Waals surface area contributed by atoms with E-state index >= 15 is 0 Å². The highest BCUT2D eigenvalue weighted by atomic mass is 32.1. The number of benzene rings is 2. The molecule has 3 aromatic rings. The van der Waals surface area contributed by atoms with Gasteiger partial charge in [-0.1, -0.05) is 47.7 Å². The normalized spacial score (nSPS) is 11.2. The molecule has 3 rings (SSSR count). The lowest BCUT2D eigenvalue weighted by atomic mass is 10.2. The molecule has 0 amide bonds. The summed E-state index contributed by atoms with van der Waals surface area (Å²) in [4.78, 5) is 10.8. The maximum Gasteiger partial charge on any atom is 0.396 e. The van der Waals surface area contributed by atoms with Crippen LogP contribution in [0.2, 0.25) is 0 Å². The van der Waals surface area contributed by atoms with E-state index in [0.29, 0.717) is 17.9 Å². The number of hydrogen-bond acceptors (Lipinski definition) is 4. The van der Waals surface area contributed by atoms with Crippen LogP contribution < -0.4 is 9.68 Å². The van der Waals surface area contributed by atoms with E-state index in [1.165, 1.54) is 0 Å². The standard InChI is InChI=1S/C16H12O3S/c17-16-19-14-11-13(8-9-15(14)20-16)18-10-4-7-12-5-2-1-3-6-12/h1-9,11H,10H2. The van der Waals surface area contributed by atoms with Crippen LogP contribution in [0.25, 0.3) is 16.4 Å². The smallest absolute Gasteiger partial charge is 0.396 e. The minimum Gasteiger partial charge on any atom is -0.489 e. The van der Waals surface area contributed by atoms with E-state index in [1.54, 1.807) is 6.07 Å². The molecule has 2 aromatic carbocycles. The zero-order valence-corrected chi connectivity index (χ0v) is 11.4. The van der Waals surface area contributed by atoms with Gasteiger partial charge in [0.25, 0.3) is 0 Å². The molecule has 0 saturated carbocycles. The predicted molar refractivity (Wildman–Crippen MR) is 81.3 cm³/mol. The quantitative estimate of drug-likeness (QED) is 0.728. The summed E-state index contributed by atoms with van der Waals surface area (Å²) in [5.74, 6) is 0.691. The van der Waals surface area contributed by atoms with Crippen LogP contribution in [0, 0.1) is 0 Å². The molecule has 0 aliphatic rings. The topological polar surface area (TPSA) is 39.4 Å². The minimum absolute atomic E-state index is 0.291. The Labute approximate surface area is 119 Å². The van der Waals surface area contributed by atoms with Crippen LogP contribution in [0.5, 0.6) is 5.75 Å². The largest absolute Gasteiger partial charge is 0.489 e. The first kappa shape index (κ1) is 12.7. The van der Waals surface area contributed by atoms with Gasteiger partial charge in [0.1, 0.15) is 12.4 Å². The van der Waals surface area contributed by atoms with E-state index in [2.05, 4.69) is 0 Å². The molecule has 0 radical (unpaired) electrons. The van der Waals surface area contributed by atoms with Crippen LogP contribution in [0.1, 0.15) is 5.56 Å². The highest BCUT2D eigenvalue weighted by Gasteiger charge is 2.03. The monoisotopic (exact) mass is 284 g/mol. The Morgan fingerprint density at radius 1 is 1.15 bits per heavy atom. The Hall–Kier alpha value is -2.33. The maximum atomic E-state index is 11.1. The second-order valence-corrected chi connectivity index (χ2v) is 5.16. The van der Waals surface area contributed by atoms with Gasteiger partial charge in [0.15, 0.2) is 5.58 Å². The Bertz CT molecular complexity index is 784. The summed E-state index contributed by atoms with van der Waals surface area (Å²) < 4.78 is 11.5. The van der Waals surface area contributed by atoms with Crippen LogP contribution >= 0.6 is 11.3 Å². The second-order valence-electron chi connectivity index (χ2n) is 4.19. The van der Waals surface area contributed by atoms with Gasteiger partial charge in [0.05, 0.1) is 4.70 Å². The van der Waals surface area contributed by atoms with Crippen molar-refractivity contribution in [2.45, 2.75) is 0 Å². The summed E-state index contributed by atoms with van der Waals surface area (Å²) in [6.45, 7) is 0.467. The Morgan fingerprint density at radius 3 is 2.85 bits per heavy atom. The third-order valence-corrected chi connectivity index (χ3v) is 3.57. The molecule has 0 spiro atoms. The predicted octanol–water partition coefficient (Wildman–Crippen LogP) is 3.95. The van der Waals surface area contributed by atoms with Crippen molar-refractivity contribution in [2.75, 3.05) is 6.61 Å². The SMILES string of the molecule is O=c1oc2cc(OCC=Cc3ccccc3)ccc2s1. The van der Waals surface area contributed by atoms with Gasteiger partial charge in [0.2, 0.25) is 0 Å². The molecule has 100 valence electrons. The molecule has 1 aromatic heterocycles. The molecule has 0 unspecified atom stereocenters. The van der Waals surface area contributed by atoms with Gasteiger partial charge in [-0.2, -0.15) is 0 Å². The second kappa shape index (κ2) is 5.75. The van der Waals surface area contributed by atoms with Crippen molar-refractivity contribution in [3.05, 3.63) is 69.9 Å². The molecule has 0 aliphatic heterocycles. The van der Waals surface area contributed by atoms with Crippen LogP contribution in [0.3, 0.4) is 0 Å². The molecule has 0 aliphatic carbocycles. The van der Waals surface area contributed by atoms with Gasteiger partial charge in [-0.15, -0.1) is 0 Å². The summed E-state index contributed by atoms with van der Waals surface area (Å²) in [6, 6.07) is 15.4. The van der Waals surface area contributed by atoms with Crippen molar-refractivity contribution in [3.8, 4) is 5.75 Å². The van der Waals surface area contributed by atoms with E-state index in [-0.39, 0.29) is 4.94 Å². The van der Waals surface area contributed by atoms with Crippen LogP contribution in [-0.4, -0.2) is 6.61 Å². The highest BCUT2D eigenvalue weighted by molar-refractivity contribution is 7.16. The van der Waals surface area contributed by atoms with E-state index in [4.69, 9.17) is 9.15 Å². The van der Waals surface area contributed by atoms with Crippen molar-refractivity contribution in [2.24, 2.45) is 0 Å². The summed E-state index contributed by atoms with van der Waals surface area (Å²) in [7, 11) is 0. The third-order valence-electron chi connectivity index (χ3n) is 2.76. The van der Waals surface area contributed by atoms with E-state index < -0.39 is 0 Å². The fourth-order valence-electron chi connectivity index (χ4n) is 1.84. The average Bonchev–Trinajstić information content (AvgIpc) is 2.84. The van der Waals surface area contributed by atoms with Gasteiger partial charge in [-0.05, 0) is 23.8 Å². The summed E-state index contributed by atoms with van der Waals surface area (Å²) in [6.07, 6.45) is 3.95. The lowest BCUT2D eigenvalue weighted by Crippen LogP contribution is -1.92. The molecule has 0 saturated heterocycles. The number of rotatable bonds is 4. The first-order valence-electron chi connectivity index (χ1n) is 6.19. The third kappa shape index (κ3) is 2.97. The van der Waals surface area contributed by atoms with Crippen molar-refractivity contribution in [1.82, 2.24) is 0 Å². The minimum atomic E-state index is -0.291. The summed E-state index contributed by atoms with van der Waals surface area (Å²) in [5.41, 5.74) is 1.71. The fourth-order valence-corrected chi connectivity index (χ4v) is 2.48. The molecule has 0 bridgehead atoms. The molecular formula is C16H12O3S. The van der Waals surface area contributed by atoms with Gasteiger partial charge in [-0.3, -0.25) is 0 Å². The molecule has 0 N–H and O–H groups in total. The molecule has 0 atom stereocenters. The number of ether oxygens (including phenoxy) is 1. The van der Waals surface area contributed by atoms with Gasteiger partial charge < -0.3 is 9.15 Å². The zero-order chi connectivity index (χ0) is 13.8. The highest BCUT2D eigenvalue weighted by Crippen LogP contribution is 2.22. The molecule has 0 fully saturated rings. The lowest BCUT2D eigenvalue weighted by molar-refractivity contribution is 0.363.